The number of methoxy groups -OCH3 is 1. The van der Waals surface area contributed by atoms with E-state index in [9.17, 15) is 4.79 Å². The number of H-pyrrole nitrogens is 1. The quantitative estimate of drug-likeness (QED) is 0.823. The molecule has 1 heterocycles. The highest BCUT2D eigenvalue weighted by Gasteiger charge is 2.08. The van der Waals surface area contributed by atoms with Gasteiger partial charge in [0, 0.05) is 11.8 Å². The first-order chi connectivity index (χ1) is 10.2. The lowest BCUT2D eigenvalue weighted by Gasteiger charge is -2.10. The van der Waals surface area contributed by atoms with Crippen molar-refractivity contribution in [3.63, 3.8) is 0 Å². The summed E-state index contributed by atoms with van der Waals surface area (Å²) in [5.41, 5.74) is 3.47. The minimum absolute atomic E-state index is 0.0995. The first kappa shape index (κ1) is 14.9. The third kappa shape index (κ3) is 3.31. The zero-order chi connectivity index (χ0) is 15.2. The predicted octanol–water partition coefficient (Wildman–Crippen LogP) is 3.51. The summed E-state index contributed by atoms with van der Waals surface area (Å²) in [7, 11) is 1.64. The van der Waals surface area contributed by atoms with E-state index in [0.717, 1.165) is 28.9 Å². The fraction of sp³-hybridized carbons (Fsp3) is 0.167. The Kier molecular flexibility index (Phi) is 4.77. The van der Waals surface area contributed by atoms with Gasteiger partial charge in [-0.3, -0.25) is 4.79 Å². The van der Waals surface area contributed by atoms with Gasteiger partial charge in [-0.2, -0.15) is 0 Å². The maximum Gasteiger partial charge on any atom is 0.255 e. The van der Waals surface area contributed by atoms with Crippen LogP contribution < -0.4 is 10.3 Å². The molecule has 3 nitrogen and oxygen atoms in total. The van der Waals surface area contributed by atoms with Crippen LogP contribution in [-0.2, 0) is 12.8 Å². The van der Waals surface area contributed by atoms with Gasteiger partial charge in [-0.1, -0.05) is 18.2 Å². The predicted molar refractivity (Wildman–Crippen MR) is 86.9 cm³/mol. The Morgan fingerprint density at radius 3 is 2.62 bits per heavy atom. The standard InChI is InChI=1S/C18H19NO2/c1-4-6-13-10-16(18(20)19-12-13)14-8-9-17(21-3)15(11-14)7-5-2/h4-5,8-12H,1-2,6-7H2,3H3,(H,19,20). The van der Waals surface area contributed by atoms with E-state index in [1.807, 2.05) is 36.4 Å². The summed E-state index contributed by atoms with van der Waals surface area (Å²) < 4.78 is 5.33. The summed E-state index contributed by atoms with van der Waals surface area (Å²) in [4.78, 5) is 14.8. The molecule has 0 radical (unpaired) electrons. The Labute approximate surface area is 124 Å². The first-order valence-electron chi connectivity index (χ1n) is 6.80. The highest BCUT2D eigenvalue weighted by molar-refractivity contribution is 5.65. The minimum Gasteiger partial charge on any atom is -0.496 e. The molecule has 0 atom stereocenters. The zero-order valence-corrected chi connectivity index (χ0v) is 12.2. The summed E-state index contributed by atoms with van der Waals surface area (Å²) in [6.45, 7) is 7.48. The Morgan fingerprint density at radius 1 is 1.19 bits per heavy atom. The van der Waals surface area contributed by atoms with Crippen molar-refractivity contribution in [1.29, 1.82) is 0 Å². The molecule has 0 spiro atoms. The fourth-order valence-corrected chi connectivity index (χ4v) is 2.29. The Morgan fingerprint density at radius 2 is 1.95 bits per heavy atom. The molecule has 0 fully saturated rings. The largest absolute Gasteiger partial charge is 0.496 e. The number of hydrogen-bond acceptors (Lipinski definition) is 2. The van der Waals surface area contributed by atoms with E-state index in [1.54, 1.807) is 13.3 Å². The molecule has 1 aromatic carbocycles. The molecule has 2 rings (SSSR count). The van der Waals surface area contributed by atoms with Gasteiger partial charge in [-0.25, -0.2) is 0 Å². The lowest BCUT2D eigenvalue weighted by molar-refractivity contribution is 0.411. The van der Waals surface area contributed by atoms with E-state index in [1.165, 1.54) is 0 Å². The van der Waals surface area contributed by atoms with E-state index in [0.29, 0.717) is 12.0 Å². The zero-order valence-electron chi connectivity index (χ0n) is 12.2. The van der Waals surface area contributed by atoms with E-state index in [-0.39, 0.29) is 5.56 Å². The SMILES string of the molecule is C=CCc1c[nH]c(=O)c(-c2ccc(OC)c(CC=C)c2)c1. The molecule has 0 saturated heterocycles. The van der Waals surface area contributed by atoms with Crippen molar-refractivity contribution < 1.29 is 4.74 Å². The van der Waals surface area contributed by atoms with Crippen molar-refractivity contribution in [3.8, 4) is 16.9 Å². The number of allylic oxidation sites excluding steroid dienone is 2. The molecule has 0 amide bonds. The van der Waals surface area contributed by atoms with E-state index in [4.69, 9.17) is 4.74 Å². The minimum atomic E-state index is -0.0995. The molecule has 108 valence electrons. The number of pyridine rings is 1. The smallest absolute Gasteiger partial charge is 0.255 e. The number of aromatic amines is 1. The highest BCUT2D eigenvalue weighted by atomic mass is 16.5. The van der Waals surface area contributed by atoms with Crippen molar-refractivity contribution >= 4 is 0 Å². The van der Waals surface area contributed by atoms with Crippen LogP contribution >= 0.6 is 0 Å². The number of nitrogens with one attached hydrogen (secondary N) is 1. The molecule has 0 saturated carbocycles. The Bertz CT molecular complexity index is 713. The second kappa shape index (κ2) is 6.75. The molecule has 21 heavy (non-hydrogen) atoms. The van der Waals surface area contributed by atoms with Crippen LogP contribution in [0.2, 0.25) is 0 Å². The van der Waals surface area contributed by atoms with Gasteiger partial charge in [0.25, 0.3) is 5.56 Å². The normalized spacial score (nSPS) is 10.1. The molecule has 0 aliphatic heterocycles. The van der Waals surface area contributed by atoms with Crippen molar-refractivity contribution in [2.75, 3.05) is 7.11 Å². The molecule has 2 aromatic rings. The number of hydrogen-bond donors (Lipinski definition) is 1. The number of aromatic nitrogens is 1. The summed E-state index contributed by atoms with van der Waals surface area (Å²) in [6.07, 6.45) is 6.77. The fourth-order valence-electron chi connectivity index (χ4n) is 2.29. The third-order valence-electron chi connectivity index (χ3n) is 3.30. The maximum atomic E-state index is 12.1. The van der Waals surface area contributed by atoms with Gasteiger partial charge >= 0.3 is 0 Å². The third-order valence-corrected chi connectivity index (χ3v) is 3.30. The van der Waals surface area contributed by atoms with E-state index < -0.39 is 0 Å². The molecule has 0 bridgehead atoms. The molecule has 3 heteroatoms. The van der Waals surface area contributed by atoms with Crippen LogP contribution in [0.4, 0.5) is 0 Å². The summed E-state index contributed by atoms with van der Waals surface area (Å²) >= 11 is 0. The van der Waals surface area contributed by atoms with Gasteiger partial charge in [0.1, 0.15) is 5.75 Å². The molecule has 0 aliphatic rings. The number of benzene rings is 1. The van der Waals surface area contributed by atoms with Gasteiger partial charge in [0.2, 0.25) is 0 Å². The van der Waals surface area contributed by atoms with Crippen LogP contribution in [0, 0.1) is 0 Å². The monoisotopic (exact) mass is 281 g/mol. The van der Waals surface area contributed by atoms with Crippen LogP contribution in [0.5, 0.6) is 5.75 Å². The molecular weight excluding hydrogens is 262 g/mol. The first-order valence-corrected chi connectivity index (χ1v) is 6.80. The Balaban J connectivity index is 2.53. The van der Waals surface area contributed by atoms with Crippen LogP contribution in [0.3, 0.4) is 0 Å². The summed E-state index contributed by atoms with van der Waals surface area (Å²) in [5, 5.41) is 0. The van der Waals surface area contributed by atoms with Crippen LogP contribution in [0.25, 0.3) is 11.1 Å². The highest BCUT2D eigenvalue weighted by Crippen LogP contribution is 2.26. The van der Waals surface area contributed by atoms with E-state index >= 15 is 0 Å². The maximum absolute atomic E-state index is 12.1. The van der Waals surface area contributed by atoms with Crippen molar-refractivity contribution in [2.24, 2.45) is 0 Å². The molecule has 0 unspecified atom stereocenters. The average molecular weight is 281 g/mol. The van der Waals surface area contributed by atoms with Crippen LogP contribution in [0.1, 0.15) is 11.1 Å². The van der Waals surface area contributed by atoms with Gasteiger partial charge in [0.05, 0.1) is 7.11 Å². The summed E-state index contributed by atoms with van der Waals surface area (Å²) in [6, 6.07) is 7.66. The van der Waals surface area contributed by atoms with Gasteiger partial charge < -0.3 is 9.72 Å². The van der Waals surface area contributed by atoms with E-state index in [2.05, 4.69) is 18.1 Å². The number of rotatable bonds is 6. The van der Waals surface area contributed by atoms with Crippen LogP contribution in [0.15, 0.2) is 60.6 Å². The Hall–Kier alpha value is -2.55. The average Bonchev–Trinajstić information content (AvgIpc) is 2.50. The molecule has 1 aromatic heterocycles. The molecular formula is C18H19NO2. The van der Waals surface area contributed by atoms with Crippen molar-refractivity contribution in [3.05, 3.63) is 77.3 Å². The lowest BCUT2D eigenvalue weighted by atomic mass is 10.0. The molecule has 1 N–H and O–H groups in total. The van der Waals surface area contributed by atoms with Crippen LogP contribution in [-0.4, -0.2) is 12.1 Å². The lowest BCUT2D eigenvalue weighted by Crippen LogP contribution is -2.09. The van der Waals surface area contributed by atoms with Gasteiger partial charge in [-0.05, 0) is 47.7 Å². The van der Waals surface area contributed by atoms with Crippen molar-refractivity contribution in [1.82, 2.24) is 4.98 Å². The van der Waals surface area contributed by atoms with Crippen molar-refractivity contribution in [2.45, 2.75) is 12.8 Å². The second-order valence-corrected chi connectivity index (χ2v) is 4.76. The topological polar surface area (TPSA) is 42.1 Å². The van der Waals surface area contributed by atoms with Gasteiger partial charge in [0.15, 0.2) is 0 Å². The molecule has 0 aliphatic carbocycles. The second-order valence-electron chi connectivity index (χ2n) is 4.76. The summed E-state index contributed by atoms with van der Waals surface area (Å²) in [5.74, 6) is 0.803. The number of ether oxygens (including phenoxy) is 1. The van der Waals surface area contributed by atoms with Gasteiger partial charge in [-0.15, -0.1) is 13.2 Å².